The maximum atomic E-state index is 16.4. The zero-order chi connectivity index (χ0) is 55.2. The van der Waals surface area contributed by atoms with Gasteiger partial charge in [-0.2, -0.15) is 49.6 Å². The van der Waals surface area contributed by atoms with Crippen molar-refractivity contribution in [3.63, 3.8) is 0 Å². The quantitative estimate of drug-likeness (QED) is 0.0480. The van der Waals surface area contributed by atoms with Crippen LogP contribution in [0.3, 0.4) is 0 Å². The van der Waals surface area contributed by atoms with Crippen molar-refractivity contribution in [2.24, 2.45) is 28.1 Å². The summed E-state index contributed by atoms with van der Waals surface area (Å²) in [6.07, 6.45) is -10.6. The first kappa shape index (κ1) is 55.1. The van der Waals surface area contributed by atoms with Crippen LogP contribution in [0.1, 0.15) is 72.0 Å². The molecular weight excluding hydrogens is 1070 g/mol. The van der Waals surface area contributed by atoms with Gasteiger partial charge >= 0.3 is 18.4 Å². The van der Waals surface area contributed by atoms with Gasteiger partial charge in [0.1, 0.15) is 40.4 Å². The number of carbonyl (C=O) groups is 2. The van der Waals surface area contributed by atoms with Crippen molar-refractivity contribution in [3.05, 3.63) is 93.0 Å². The molecule has 2 aliphatic carbocycles. The predicted octanol–water partition coefficient (Wildman–Crippen LogP) is 6.34. The van der Waals surface area contributed by atoms with Crippen molar-refractivity contribution in [3.8, 4) is 23.0 Å². The largest absolute Gasteiger partial charge is 0.435 e. The van der Waals surface area contributed by atoms with Crippen LogP contribution in [-0.2, 0) is 49.7 Å². The Bertz CT molecular complexity index is 3440. The molecule has 398 valence electrons. The van der Waals surface area contributed by atoms with Gasteiger partial charge in [-0.1, -0.05) is 23.6 Å². The molecule has 0 radical (unpaired) electrons. The van der Waals surface area contributed by atoms with Gasteiger partial charge in [0.2, 0.25) is 15.9 Å². The second kappa shape index (κ2) is 18.9. The molecule has 1 fully saturated rings. The normalized spacial score (nSPS) is 17.2. The highest BCUT2D eigenvalue weighted by atomic mass is 35.5. The first-order chi connectivity index (χ1) is 33.9. The van der Waals surface area contributed by atoms with E-state index in [0.29, 0.717) is 24.5 Å². The van der Waals surface area contributed by atoms with Gasteiger partial charge in [-0.25, -0.2) is 40.1 Å². The highest BCUT2D eigenvalue weighted by molar-refractivity contribution is 7.93. The first-order valence-electron chi connectivity index (χ1n) is 21.6. The van der Waals surface area contributed by atoms with E-state index < -0.39 is 182 Å². The lowest BCUT2D eigenvalue weighted by Gasteiger charge is -2.29. The molecule has 0 saturated heterocycles. The average molecular weight is 1110 g/mol. The third-order valence-corrected chi connectivity index (χ3v) is 15.6. The zero-order valence-electron chi connectivity index (χ0n) is 39.1. The lowest BCUT2D eigenvalue weighted by Crippen LogP contribution is -2.45. The molecule has 3 aromatic heterocycles. The van der Waals surface area contributed by atoms with E-state index in [0.717, 1.165) is 42.5 Å². The van der Waals surface area contributed by atoms with E-state index in [1.807, 2.05) is 0 Å². The number of anilines is 1. The minimum Gasteiger partial charge on any atom is -0.370 e. The maximum absolute atomic E-state index is 16.4. The fourth-order valence-corrected chi connectivity index (χ4v) is 10.0. The van der Waals surface area contributed by atoms with Gasteiger partial charge in [-0.05, 0) is 74.4 Å². The molecule has 2 aliphatic rings. The van der Waals surface area contributed by atoms with Gasteiger partial charge in [-0.15, -0.1) is 0 Å². The molecule has 3 heterocycles. The molecular formula is C44H42ClF10N11O6S2. The average Bonchev–Trinajstić information content (AvgIpc) is 3.75. The molecule has 0 aliphatic heterocycles. The number of sulfonamides is 1. The van der Waals surface area contributed by atoms with Crippen molar-refractivity contribution in [1.29, 1.82) is 0 Å². The molecule has 1 saturated carbocycles. The summed E-state index contributed by atoms with van der Waals surface area (Å²) in [6.45, 7) is -0.309. The maximum Gasteiger partial charge on any atom is 0.435 e. The zero-order valence-corrected chi connectivity index (χ0v) is 41.5. The molecule has 1 unspecified atom stereocenters. The Hall–Kier alpha value is -6.67. The van der Waals surface area contributed by atoms with Crippen LogP contribution in [0.4, 0.5) is 54.5 Å². The van der Waals surface area contributed by atoms with E-state index >= 15 is 17.6 Å². The number of primary amides is 1. The van der Waals surface area contributed by atoms with Gasteiger partial charge in [0.05, 0.1) is 34.4 Å². The van der Waals surface area contributed by atoms with Gasteiger partial charge in [0.15, 0.2) is 27.3 Å². The number of alkyl halides is 8. The topological polar surface area (TPSA) is 248 Å². The van der Waals surface area contributed by atoms with Crippen molar-refractivity contribution in [1.82, 2.24) is 29.4 Å². The molecule has 3 amide bonds. The van der Waals surface area contributed by atoms with Gasteiger partial charge in [0.25, 0.3) is 5.92 Å². The second-order valence-electron chi connectivity index (χ2n) is 18.2. The van der Waals surface area contributed by atoms with Crippen molar-refractivity contribution < 1.29 is 70.3 Å². The van der Waals surface area contributed by atoms with E-state index in [4.69, 9.17) is 28.8 Å². The summed E-state index contributed by atoms with van der Waals surface area (Å²) < 4.78 is 202. The number of hydrogen-bond acceptors (Lipinski definition) is 10. The fraction of sp³-hybridized carbons (Fsp3) is 0.409. The van der Waals surface area contributed by atoms with Crippen LogP contribution in [0.15, 0.2) is 47.5 Å². The monoisotopic (exact) mass is 1110 g/mol. The van der Waals surface area contributed by atoms with Gasteiger partial charge in [0, 0.05) is 54.4 Å². The number of rotatable bonds is 14. The van der Waals surface area contributed by atoms with Gasteiger partial charge in [-0.3, -0.25) is 14.5 Å². The third-order valence-electron chi connectivity index (χ3n) is 12.4. The highest BCUT2D eigenvalue weighted by Crippen LogP contribution is 2.69. The van der Waals surface area contributed by atoms with Crippen molar-refractivity contribution in [2.45, 2.75) is 74.1 Å². The number of carbonyl (C=O) groups excluding carboxylic acids is 2. The molecule has 7 rings (SSSR count). The summed E-state index contributed by atoms with van der Waals surface area (Å²) >= 11 is 6.68. The number of urea groups is 1. The van der Waals surface area contributed by atoms with Crippen LogP contribution >= 0.6 is 11.6 Å². The Morgan fingerprint density at radius 2 is 1.58 bits per heavy atom. The minimum atomic E-state index is -5.41. The van der Waals surface area contributed by atoms with Crippen LogP contribution in [0.5, 0.6) is 0 Å². The standard InChI is InChI=1S/C44H42ClF10N11O6S2/c1-41(2,73(4,69)70)11-10-23-6-7-24(25-8-9-29(45)31-33(25)64(19-42(48,49)50)62-38(31)66(74(5,71)72)40(68)63(3)13-12-59-39(57)58)32(60-23)27(16-20-14-21(46)17-22(47)15-20)34(37(56)67)65-36-30(35(61-65)44(53,54)55)26-18-28(26)43(36,51)52/h6-9,14-15,17,26-28,34H,12-13,16,18-19H2,1-5H3,(H2,56,67)(H4,57,58,59)/t26-,27+,28+,34?/m0/s1. The lowest BCUT2D eigenvalue weighted by atomic mass is 9.84. The van der Waals surface area contributed by atoms with Crippen LogP contribution in [-0.4, -0.2) is 108 Å². The molecule has 6 N–H and O–H groups in total. The summed E-state index contributed by atoms with van der Waals surface area (Å²) in [5.41, 5.74) is 9.37. The number of pyridine rings is 1. The molecule has 4 atom stereocenters. The molecule has 0 spiro atoms. The minimum absolute atomic E-state index is 0.0282. The number of fused-ring (bicyclic) bond motifs is 4. The van der Waals surface area contributed by atoms with Crippen molar-refractivity contribution in [2.75, 3.05) is 37.0 Å². The number of halogens is 11. The number of sulfone groups is 1. The summed E-state index contributed by atoms with van der Waals surface area (Å²) in [5.74, 6) is -9.82. The van der Waals surface area contributed by atoms with E-state index in [1.54, 1.807) is 0 Å². The number of nitrogens with two attached hydrogens (primary N) is 3. The first-order valence-corrected chi connectivity index (χ1v) is 25.7. The van der Waals surface area contributed by atoms with Crippen LogP contribution in [0.25, 0.3) is 22.0 Å². The number of aliphatic imine (C=N–C) groups is 1. The SMILES string of the molecule is CN(CCN=C(N)N)C(=O)N(c1nn(CC(F)(F)F)c2c(-c3ccc(C#CC(C)(C)S(C)(=O)=O)nc3[C@@H](Cc3cc(F)cc(F)c3)C(C(N)=O)n3nc(C(F)(F)F)c4c3C(F)(F)[C@@H]3C[C@H]43)ccc(Cl)c12)S(C)(=O)=O. The van der Waals surface area contributed by atoms with Crippen molar-refractivity contribution >= 4 is 66.1 Å². The predicted molar refractivity (Wildman–Crippen MR) is 249 cm³/mol. The molecule has 2 aromatic carbocycles. The Balaban J connectivity index is 1.61. The number of hydrogen-bond donors (Lipinski definition) is 3. The van der Waals surface area contributed by atoms with Gasteiger partial charge < -0.3 is 22.1 Å². The lowest BCUT2D eigenvalue weighted by molar-refractivity contribution is -0.143. The van der Waals surface area contributed by atoms with E-state index in [2.05, 4.69) is 32.0 Å². The summed E-state index contributed by atoms with van der Waals surface area (Å²) in [5, 5.41) is 6.27. The molecule has 30 heteroatoms. The number of likely N-dealkylation sites (N-methyl/N-ethyl adjacent to an activating group) is 1. The second-order valence-corrected chi connectivity index (χ2v) is 23.0. The van der Waals surface area contributed by atoms with Crippen LogP contribution in [0.2, 0.25) is 5.02 Å². The highest BCUT2D eigenvalue weighted by Gasteiger charge is 2.69. The number of benzene rings is 2. The van der Waals surface area contributed by atoms with E-state index in [-0.39, 0.29) is 26.8 Å². The Labute approximate surface area is 419 Å². The smallest absolute Gasteiger partial charge is 0.370 e. The van der Waals surface area contributed by atoms with Crippen LogP contribution < -0.4 is 21.5 Å². The third kappa shape index (κ3) is 10.6. The Morgan fingerprint density at radius 3 is 2.14 bits per heavy atom. The van der Waals surface area contributed by atoms with E-state index in [9.17, 15) is 52.8 Å². The van der Waals surface area contributed by atoms with Crippen LogP contribution in [0, 0.1) is 29.4 Å². The molecule has 5 aromatic rings. The molecule has 74 heavy (non-hydrogen) atoms. The summed E-state index contributed by atoms with van der Waals surface area (Å²) in [7, 11) is -7.78. The fourth-order valence-electron chi connectivity index (χ4n) is 8.70. The number of nitrogens with zero attached hydrogens (tertiary/aromatic N) is 8. The number of aromatic nitrogens is 5. The van der Waals surface area contributed by atoms with E-state index in [1.165, 1.54) is 13.8 Å². The summed E-state index contributed by atoms with van der Waals surface area (Å²) in [4.78, 5) is 37.1. The Morgan fingerprint density at radius 1 is 0.959 bits per heavy atom. The molecule has 17 nitrogen and oxygen atoms in total. The number of guanidine groups is 1. The Kier molecular flexibility index (Phi) is 14.1. The number of amides is 3. The summed E-state index contributed by atoms with van der Waals surface area (Å²) in [6, 6.07) is 2.06. The molecule has 0 bridgehead atoms.